The Balaban J connectivity index is 1.78. The van der Waals surface area contributed by atoms with Gasteiger partial charge in [0.2, 0.25) is 5.91 Å². The van der Waals surface area contributed by atoms with Crippen LogP contribution in [0.15, 0.2) is 48.5 Å². The van der Waals surface area contributed by atoms with Crippen LogP contribution in [-0.4, -0.2) is 30.4 Å². The van der Waals surface area contributed by atoms with Crippen molar-refractivity contribution in [3.8, 4) is 5.75 Å². The summed E-state index contributed by atoms with van der Waals surface area (Å²) < 4.78 is 5.03. The number of hydrogen-bond acceptors (Lipinski definition) is 6. The van der Waals surface area contributed by atoms with Crippen molar-refractivity contribution in [2.24, 2.45) is 0 Å². The van der Waals surface area contributed by atoms with Crippen LogP contribution in [0.5, 0.6) is 5.75 Å². The highest BCUT2D eigenvalue weighted by atomic mass is 16.6. The fourth-order valence-electron chi connectivity index (χ4n) is 2.13. The number of benzene rings is 2. The molecular weight excluding hydrogens is 340 g/mol. The van der Waals surface area contributed by atoms with Gasteiger partial charge in [0.05, 0.1) is 25.0 Å². The molecule has 136 valence electrons. The molecule has 2 aromatic rings. The zero-order valence-corrected chi connectivity index (χ0v) is 14.0. The number of hydrogen-bond donors (Lipinski definition) is 3. The van der Waals surface area contributed by atoms with Gasteiger partial charge in [-0.3, -0.25) is 30.6 Å². The van der Waals surface area contributed by atoms with Gasteiger partial charge in [0.25, 0.3) is 11.6 Å². The third-order valence-corrected chi connectivity index (χ3v) is 3.42. The summed E-state index contributed by atoms with van der Waals surface area (Å²) in [5.41, 5.74) is 5.32. The Hall–Kier alpha value is -3.62. The summed E-state index contributed by atoms with van der Waals surface area (Å²) in [6, 6.07) is 12.9. The molecule has 0 unspecified atom stereocenters. The second-order valence-corrected chi connectivity index (χ2v) is 5.24. The Kier molecular flexibility index (Phi) is 6.49. The van der Waals surface area contributed by atoms with Crippen molar-refractivity contribution in [3.05, 3.63) is 64.2 Å². The van der Waals surface area contributed by atoms with Crippen molar-refractivity contribution in [1.82, 2.24) is 10.9 Å². The highest BCUT2D eigenvalue weighted by molar-refractivity contribution is 5.85. The number of nitro benzene ring substituents is 1. The number of carbonyl (C=O) groups is 2. The van der Waals surface area contributed by atoms with Crippen LogP contribution in [0.3, 0.4) is 0 Å². The number of amides is 2. The normalized spacial score (nSPS) is 9.88. The van der Waals surface area contributed by atoms with Crippen molar-refractivity contribution in [2.75, 3.05) is 19.0 Å². The number of hydrazine groups is 1. The Morgan fingerprint density at radius 2 is 1.69 bits per heavy atom. The van der Waals surface area contributed by atoms with Crippen LogP contribution in [0.4, 0.5) is 11.4 Å². The van der Waals surface area contributed by atoms with E-state index in [0.29, 0.717) is 11.4 Å². The lowest BCUT2D eigenvalue weighted by molar-refractivity contribution is -0.385. The van der Waals surface area contributed by atoms with Crippen molar-refractivity contribution in [1.29, 1.82) is 0 Å². The first-order valence-corrected chi connectivity index (χ1v) is 7.67. The summed E-state index contributed by atoms with van der Waals surface area (Å²) in [6.45, 7) is -0.0574. The number of rotatable bonds is 7. The summed E-state index contributed by atoms with van der Waals surface area (Å²) in [6.07, 6.45) is -0.219. The van der Waals surface area contributed by atoms with Gasteiger partial charge in [0.1, 0.15) is 5.75 Å². The van der Waals surface area contributed by atoms with E-state index in [2.05, 4.69) is 16.2 Å². The van der Waals surface area contributed by atoms with Gasteiger partial charge in [-0.15, -0.1) is 0 Å². The van der Waals surface area contributed by atoms with Crippen molar-refractivity contribution in [3.63, 3.8) is 0 Å². The molecule has 0 atom stereocenters. The molecule has 3 N–H and O–H groups in total. The summed E-state index contributed by atoms with van der Waals surface area (Å²) in [5, 5.41) is 13.8. The first-order valence-electron chi connectivity index (χ1n) is 7.67. The van der Waals surface area contributed by atoms with Crippen molar-refractivity contribution in [2.45, 2.75) is 6.42 Å². The maximum atomic E-state index is 11.9. The molecule has 9 nitrogen and oxygen atoms in total. The van der Waals surface area contributed by atoms with Gasteiger partial charge < -0.3 is 10.1 Å². The lowest BCUT2D eigenvalue weighted by atomic mass is 10.1. The molecule has 0 saturated carbocycles. The maximum Gasteiger partial charge on any atom is 0.273 e. The fraction of sp³-hybridized carbons (Fsp3) is 0.176. The molecular formula is C17H18N4O5. The molecule has 0 aliphatic heterocycles. The van der Waals surface area contributed by atoms with E-state index in [4.69, 9.17) is 4.74 Å². The molecule has 0 bridgehead atoms. The number of para-hydroxylation sites is 1. The van der Waals surface area contributed by atoms with Crippen LogP contribution in [-0.2, 0) is 16.0 Å². The lowest BCUT2D eigenvalue weighted by Crippen LogP contribution is -2.44. The van der Waals surface area contributed by atoms with Crippen molar-refractivity contribution >= 4 is 23.2 Å². The van der Waals surface area contributed by atoms with Gasteiger partial charge in [0.15, 0.2) is 0 Å². The smallest absolute Gasteiger partial charge is 0.273 e. The zero-order chi connectivity index (χ0) is 18.9. The molecule has 0 spiro atoms. The highest BCUT2D eigenvalue weighted by Crippen LogP contribution is 2.18. The fourth-order valence-corrected chi connectivity index (χ4v) is 2.13. The summed E-state index contributed by atoms with van der Waals surface area (Å²) in [5.74, 6) is -0.323. The van der Waals surface area contributed by atoms with E-state index in [9.17, 15) is 19.7 Å². The quantitative estimate of drug-likeness (QED) is 0.508. The van der Waals surface area contributed by atoms with Gasteiger partial charge in [-0.05, 0) is 24.3 Å². The van der Waals surface area contributed by atoms with Gasteiger partial charge in [-0.25, -0.2) is 0 Å². The molecule has 2 rings (SSSR count). The Bertz CT molecular complexity index is 792. The van der Waals surface area contributed by atoms with Crippen LogP contribution >= 0.6 is 0 Å². The largest absolute Gasteiger partial charge is 0.497 e. The number of carbonyl (C=O) groups excluding carboxylic acids is 2. The third kappa shape index (κ3) is 5.48. The van der Waals surface area contributed by atoms with Crippen LogP contribution in [0.25, 0.3) is 0 Å². The number of ether oxygens (including phenoxy) is 1. The van der Waals surface area contributed by atoms with Crippen LogP contribution in [0.1, 0.15) is 5.56 Å². The van der Waals surface area contributed by atoms with Gasteiger partial charge >= 0.3 is 0 Å². The van der Waals surface area contributed by atoms with Crippen LogP contribution < -0.4 is 20.9 Å². The first kappa shape index (κ1) is 18.7. The van der Waals surface area contributed by atoms with Crippen LogP contribution in [0.2, 0.25) is 0 Å². The zero-order valence-electron chi connectivity index (χ0n) is 14.0. The average Bonchev–Trinajstić information content (AvgIpc) is 2.65. The van der Waals surface area contributed by atoms with Gasteiger partial charge in [0, 0.05) is 17.3 Å². The number of nitrogens with one attached hydrogen (secondary N) is 3. The number of methoxy groups -OCH3 is 1. The SMILES string of the molecule is COc1ccc(NCC(=O)NNC(=O)Cc2ccccc2[N+](=O)[O-])cc1. The van der Waals surface area contributed by atoms with E-state index in [1.807, 2.05) is 0 Å². The summed E-state index contributed by atoms with van der Waals surface area (Å²) in [4.78, 5) is 34.0. The van der Waals surface area contributed by atoms with Crippen LogP contribution in [0, 0.1) is 10.1 Å². The average molecular weight is 358 g/mol. The molecule has 0 aliphatic rings. The van der Waals surface area contributed by atoms with Crippen molar-refractivity contribution < 1.29 is 19.2 Å². The van der Waals surface area contributed by atoms with E-state index < -0.39 is 16.7 Å². The van der Waals surface area contributed by atoms with E-state index in [0.717, 1.165) is 0 Å². The highest BCUT2D eigenvalue weighted by Gasteiger charge is 2.15. The third-order valence-electron chi connectivity index (χ3n) is 3.42. The molecule has 0 aromatic heterocycles. The molecule has 0 heterocycles. The second kappa shape index (κ2) is 9.02. The molecule has 2 aromatic carbocycles. The molecule has 2 amide bonds. The first-order chi connectivity index (χ1) is 12.5. The molecule has 26 heavy (non-hydrogen) atoms. The minimum absolute atomic E-state index is 0.0574. The second-order valence-electron chi connectivity index (χ2n) is 5.24. The summed E-state index contributed by atoms with van der Waals surface area (Å²) in [7, 11) is 1.56. The molecule has 9 heteroatoms. The Morgan fingerprint density at radius 1 is 1.04 bits per heavy atom. The van der Waals surface area contributed by atoms with E-state index in [-0.39, 0.29) is 24.2 Å². The van der Waals surface area contributed by atoms with E-state index in [1.165, 1.54) is 18.2 Å². The number of nitro groups is 1. The topological polar surface area (TPSA) is 123 Å². The molecule has 0 saturated heterocycles. The van der Waals surface area contributed by atoms with E-state index >= 15 is 0 Å². The predicted octanol–water partition coefficient (Wildman–Crippen LogP) is 1.41. The van der Waals surface area contributed by atoms with E-state index in [1.54, 1.807) is 37.4 Å². The van der Waals surface area contributed by atoms with Gasteiger partial charge in [-0.1, -0.05) is 18.2 Å². The monoisotopic (exact) mass is 358 g/mol. The predicted molar refractivity (Wildman–Crippen MR) is 94.6 cm³/mol. The summed E-state index contributed by atoms with van der Waals surface area (Å²) >= 11 is 0. The molecule has 0 aliphatic carbocycles. The number of anilines is 1. The van der Waals surface area contributed by atoms with Gasteiger partial charge in [-0.2, -0.15) is 0 Å². The minimum atomic E-state index is -0.558. The lowest BCUT2D eigenvalue weighted by Gasteiger charge is -2.09. The minimum Gasteiger partial charge on any atom is -0.497 e. The maximum absolute atomic E-state index is 11.9. The number of nitrogens with zero attached hydrogens (tertiary/aromatic N) is 1. The molecule has 0 fully saturated rings. The Labute approximate surface area is 149 Å². The molecule has 0 radical (unpaired) electrons. The Morgan fingerprint density at radius 3 is 2.35 bits per heavy atom. The standard InChI is InChI=1S/C17H18N4O5/c1-26-14-8-6-13(7-9-14)18-11-17(23)20-19-16(22)10-12-4-2-3-5-15(12)21(24)25/h2-9,18H,10-11H2,1H3,(H,19,22)(H,20,23).